The quantitative estimate of drug-likeness (QED) is 0.833. The average molecular weight is 346 g/mol. The molecule has 0 atom stereocenters. The molecule has 2 rings (SSSR count). The van der Waals surface area contributed by atoms with Crippen molar-refractivity contribution in [3.05, 3.63) is 21.7 Å². The molecule has 0 aliphatic heterocycles. The molecular formula is C11H15IN4O. The molecule has 2 aromatic rings. The van der Waals surface area contributed by atoms with Gasteiger partial charge in [-0.15, -0.1) is 10.2 Å². The number of aromatic nitrogens is 3. The number of halogens is 1. The predicted octanol–water partition coefficient (Wildman–Crippen LogP) is 1.83. The molecule has 2 heterocycles. The molecule has 92 valence electrons. The molecule has 0 bridgehead atoms. The van der Waals surface area contributed by atoms with Crippen LogP contribution < -0.4 is 5.32 Å². The van der Waals surface area contributed by atoms with Crippen molar-refractivity contribution < 1.29 is 5.11 Å². The van der Waals surface area contributed by atoms with Gasteiger partial charge in [-0.2, -0.15) is 0 Å². The number of hydrogen-bond acceptors (Lipinski definition) is 4. The zero-order chi connectivity index (χ0) is 12.6. The third-order valence-corrected chi connectivity index (χ3v) is 2.94. The van der Waals surface area contributed by atoms with E-state index >= 15 is 0 Å². The number of hydrogen-bond donors (Lipinski definition) is 2. The van der Waals surface area contributed by atoms with Crippen LogP contribution in [-0.2, 0) is 0 Å². The van der Waals surface area contributed by atoms with E-state index < -0.39 is 5.60 Å². The SMILES string of the molecule is Cc1nnc2c(NCC(C)(C)O)cc(I)cn12. The van der Waals surface area contributed by atoms with Gasteiger partial charge in [0, 0.05) is 16.3 Å². The number of pyridine rings is 1. The van der Waals surface area contributed by atoms with Gasteiger partial charge >= 0.3 is 0 Å². The van der Waals surface area contributed by atoms with E-state index in [0.29, 0.717) is 6.54 Å². The molecule has 0 amide bonds. The van der Waals surface area contributed by atoms with Crippen molar-refractivity contribution in [2.45, 2.75) is 26.4 Å². The highest BCUT2D eigenvalue weighted by Crippen LogP contribution is 2.20. The summed E-state index contributed by atoms with van der Waals surface area (Å²) >= 11 is 2.25. The fourth-order valence-electron chi connectivity index (χ4n) is 1.51. The lowest BCUT2D eigenvalue weighted by Gasteiger charge is -2.18. The Morgan fingerprint density at radius 3 is 2.82 bits per heavy atom. The molecule has 2 N–H and O–H groups in total. The van der Waals surface area contributed by atoms with Crippen LogP contribution in [0.5, 0.6) is 0 Å². The number of anilines is 1. The number of rotatable bonds is 3. The van der Waals surface area contributed by atoms with Crippen molar-refractivity contribution in [3.63, 3.8) is 0 Å². The van der Waals surface area contributed by atoms with Crippen LogP contribution in [-0.4, -0.2) is 31.9 Å². The van der Waals surface area contributed by atoms with Gasteiger partial charge in [0.05, 0.1) is 11.3 Å². The second-order valence-corrected chi connectivity index (χ2v) is 5.92. The summed E-state index contributed by atoms with van der Waals surface area (Å²) in [5, 5.41) is 21.1. The van der Waals surface area contributed by atoms with E-state index in [0.717, 1.165) is 20.7 Å². The highest BCUT2D eigenvalue weighted by molar-refractivity contribution is 14.1. The van der Waals surface area contributed by atoms with Gasteiger partial charge in [-0.1, -0.05) is 0 Å². The number of nitrogens with one attached hydrogen (secondary N) is 1. The number of aliphatic hydroxyl groups is 1. The smallest absolute Gasteiger partial charge is 0.184 e. The first-order valence-corrected chi connectivity index (χ1v) is 6.42. The summed E-state index contributed by atoms with van der Waals surface area (Å²) in [6.45, 7) is 5.91. The monoisotopic (exact) mass is 346 g/mol. The Morgan fingerprint density at radius 2 is 2.18 bits per heavy atom. The summed E-state index contributed by atoms with van der Waals surface area (Å²) in [5.41, 5.74) is 0.916. The summed E-state index contributed by atoms with van der Waals surface area (Å²) in [4.78, 5) is 0. The average Bonchev–Trinajstić information content (AvgIpc) is 2.56. The maximum absolute atomic E-state index is 9.72. The predicted molar refractivity (Wildman–Crippen MR) is 75.2 cm³/mol. The van der Waals surface area contributed by atoms with Gasteiger partial charge in [0.25, 0.3) is 0 Å². The van der Waals surface area contributed by atoms with E-state index in [4.69, 9.17) is 0 Å². The van der Waals surface area contributed by atoms with Crippen molar-refractivity contribution in [3.8, 4) is 0 Å². The van der Waals surface area contributed by atoms with Crippen LogP contribution in [0.15, 0.2) is 12.3 Å². The van der Waals surface area contributed by atoms with Gasteiger partial charge in [-0.3, -0.25) is 4.40 Å². The highest BCUT2D eigenvalue weighted by Gasteiger charge is 2.14. The largest absolute Gasteiger partial charge is 0.389 e. The molecule has 0 radical (unpaired) electrons. The summed E-state index contributed by atoms with van der Waals surface area (Å²) in [6.07, 6.45) is 1.99. The third kappa shape index (κ3) is 2.86. The number of aryl methyl sites for hydroxylation is 1. The molecule has 6 heteroatoms. The maximum atomic E-state index is 9.72. The first-order chi connectivity index (χ1) is 7.87. The van der Waals surface area contributed by atoms with Crippen molar-refractivity contribution in [2.75, 3.05) is 11.9 Å². The van der Waals surface area contributed by atoms with Gasteiger partial charge in [-0.05, 0) is 49.4 Å². The molecule has 0 saturated carbocycles. The van der Waals surface area contributed by atoms with Crippen LogP contribution in [0.4, 0.5) is 5.69 Å². The Labute approximate surface area is 113 Å². The third-order valence-electron chi connectivity index (χ3n) is 2.35. The van der Waals surface area contributed by atoms with Crippen LogP contribution in [0, 0.1) is 10.5 Å². The molecule has 2 aromatic heterocycles. The normalized spacial score (nSPS) is 12.1. The van der Waals surface area contributed by atoms with Crippen LogP contribution in [0.1, 0.15) is 19.7 Å². The van der Waals surface area contributed by atoms with E-state index in [9.17, 15) is 5.11 Å². The minimum atomic E-state index is -0.757. The Balaban J connectivity index is 2.39. The van der Waals surface area contributed by atoms with Crippen LogP contribution in [0.2, 0.25) is 0 Å². The van der Waals surface area contributed by atoms with E-state index in [1.807, 2.05) is 23.6 Å². The Hall–Kier alpha value is -0.890. The minimum absolute atomic E-state index is 0.467. The Bertz CT molecular complexity index is 544. The Morgan fingerprint density at radius 1 is 1.47 bits per heavy atom. The molecule has 0 aliphatic rings. The van der Waals surface area contributed by atoms with E-state index in [1.54, 1.807) is 13.8 Å². The van der Waals surface area contributed by atoms with E-state index in [2.05, 4.69) is 38.1 Å². The summed E-state index contributed by atoms with van der Waals surface area (Å²) in [5.74, 6) is 0.852. The van der Waals surface area contributed by atoms with Crippen LogP contribution in [0.25, 0.3) is 5.65 Å². The van der Waals surface area contributed by atoms with Gasteiger partial charge in [0.1, 0.15) is 5.82 Å². The lowest BCUT2D eigenvalue weighted by Crippen LogP contribution is -2.29. The molecule has 0 unspecified atom stereocenters. The number of nitrogens with zero attached hydrogens (tertiary/aromatic N) is 3. The van der Waals surface area contributed by atoms with Crippen LogP contribution in [0.3, 0.4) is 0 Å². The van der Waals surface area contributed by atoms with Gasteiger partial charge < -0.3 is 10.4 Å². The molecule has 0 saturated heterocycles. The Kier molecular flexibility index (Phi) is 3.26. The lowest BCUT2D eigenvalue weighted by molar-refractivity contribution is 0.0945. The molecular weight excluding hydrogens is 331 g/mol. The lowest BCUT2D eigenvalue weighted by atomic mass is 10.1. The van der Waals surface area contributed by atoms with Crippen LogP contribution >= 0.6 is 22.6 Å². The molecule has 17 heavy (non-hydrogen) atoms. The van der Waals surface area contributed by atoms with Crippen molar-refractivity contribution in [2.24, 2.45) is 0 Å². The van der Waals surface area contributed by atoms with Gasteiger partial charge in [-0.25, -0.2) is 0 Å². The van der Waals surface area contributed by atoms with Gasteiger partial charge in [0.2, 0.25) is 0 Å². The molecule has 0 aromatic carbocycles. The zero-order valence-electron chi connectivity index (χ0n) is 10.0. The second-order valence-electron chi connectivity index (χ2n) is 4.68. The van der Waals surface area contributed by atoms with E-state index in [-0.39, 0.29) is 0 Å². The summed E-state index contributed by atoms with van der Waals surface area (Å²) in [6, 6.07) is 2.00. The second kappa shape index (κ2) is 4.41. The minimum Gasteiger partial charge on any atom is -0.389 e. The molecule has 0 spiro atoms. The maximum Gasteiger partial charge on any atom is 0.184 e. The summed E-state index contributed by atoms with van der Waals surface area (Å²) in [7, 11) is 0. The van der Waals surface area contributed by atoms with Gasteiger partial charge in [0.15, 0.2) is 5.65 Å². The van der Waals surface area contributed by atoms with Crippen molar-refractivity contribution >= 4 is 33.9 Å². The highest BCUT2D eigenvalue weighted by atomic mass is 127. The molecule has 0 fully saturated rings. The zero-order valence-corrected chi connectivity index (χ0v) is 12.2. The fraction of sp³-hybridized carbons (Fsp3) is 0.455. The first-order valence-electron chi connectivity index (χ1n) is 5.34. The standard InChI is InChI=1S/C11H15IN4O/c1-7-14-15-10-9(13-6-11(2,3)17)4-8(12)5-16(7)10/h4-5,13,17H,6H2,1-3H3. The fourth-order valence-corrected chi connectivity index (χ4v) is 2.10. The topological polar surface area (TPSA) is 62.5 Å². The van der Waals surface area contributed by atoms with E-state index in [1.165, 1.54) is 0 Å². The summed E-state index contributed by atoms with van der Waals surface area (Å²) < 4.78 is 3.03. The molecule has 0 aliphatic carbocycles. The van der Waals surface area contributed by atoms with Crippen molar-refractivity contribution in [1.29, 1.82) is 0 Å². The van der Waals surface area contributed by atoms with Crippen molar-refractivity contribution in [1.82, 2.24) is 14.6 Å². The molecule has 5 nitrogen and oxygen atoms in total. The number of fused-ring (bicyclic) bond motifs is 1. The first kappa shape index (κ1) is 12.6.